The second-order valence-electron chi connectivity index (χ2n) is 5.98. The molecule has 21 heavy (non-hydrogen) atoms. The molecule has 1 fully saturated rings. The average Bonchev–Trinajstić information content (AvgIpc) is 2.95. The van der Waals surface area contributed by atoms with Crippen molar-refractivity contribution in [2.75, 3.05) is 32.8 Å². The first-order valence-electron chi connectivity index (χ1n) is 8.11. The second kappa shape index (κ2) is 6.77. The summed E-state index contributed by atoms with van der Waals surface area (Å²) >= 11 is 0. The molecule has 1 aromatic carbocycles. The highest BCUT2D eigenvalue weighted by atomic mass is 16.5. The van der Waals surface area contributed by atoms with Crippen molar-refractivity contribution < 1.29 is 9.47 Å². The number of nitrogens with zero attached hydrogens (tertiary/aromatic N) is 1. The van der Waals surface area contributed by atoms with E-state index in [1.54, 1.807) is 0 Å². The van der Waals surface area contributed by atoms with E-state index in [9.17, 15) is 0 Å². The van der Waals surface area contributed by atoms with Gasteiger partial charge in [-0.3, -0.25) is 4.90 Å². The molecule has 1 atom stereocenters. The van der Waals surface area contributed by atoms with Gasteiger partial charge in [-0.15, -0.1) is 0 Å². The highest BCUT2D eigenvalue weighted by molar-refractivity contribution is 5.44. The Bertz CT molecular complexity index is 490. The van der Waals surface area contributed by atoms with E-state index < -0.39 is 0 Å². The van der Waals surface area contributed by atoms with Gasteiger partial charge in [0.2, 0.25) is 0 Å². The molecule has 1 heterocycles. The summed E-state index contributed by atoms with van der Waals surface area (Å²) in [6.45, 7) is 6.97. The van der Waals surface area contributed by atoms with Crippen molar-refractivity contribution in [3.8, 4) is 5.75 Å². The maximum absolute atomic E-state index is 5.87. The molecule has 0 amide bonds. The molecule has 1 aliphatic carbocycles. The third-order valence-corrected chi connectivity index (χ3v) is 4.45. The average molecular weight is 290 g/mol. The minimum atomic E-state index is 0.170. The predicted octanol–water partition coefficient (Wildman–Crippen LogP) is 1.73. The maximum Gasteiger partial charge on any atom is 0.124 e. The second-order valence-corrected chi connectivity index (χ2v) is 5.98. The summed E-state index contributed by atoms with van der Waals surface area (Å²) in [5.41, 5.74) is 10.0. The van der Waals surface area contributed by atoms with Crippen molar-refractivity contribution in [2.45, 2.75) is 38.8 Å². The fraction of sp³-hybridized carbons (Fsp3) is 0.647. The molecular weight excluding hydrogens is 264 g/mol. The van der Waals surface area contributed by atoms with E-state index in [0.29, 0.717) is 6.54 Å². The predicted molar refractivity (Wildman–Crippen MR) is 83.7 cm³/mol. The first kappa shape index (κ1) is 14.8. The van der Waals surface area contributed by atoms with Crippen LogP contribution in [0.4, 0.5) is 0 Å². The van der Waals surface area contributed by atoms with Gasteiger partial charge in [0.05, 0.1) is 19.3 Å². The summed E-state index contributed by atoms with van der Waals surface area (Å²) in [7, 11) is 0. The highest BCUT2D eigenvalue weighted by Gasteiger charge is 2.22. The summed E-state index contributed by atoms with van der Waals surface area (Å²) in [6, 6.07) is 4.63. The van der Waals surface area contributed by atoms with Gasteiger partial charge in [-0.2, -0.15) is 0 Å². The monoisotopic (exact) mass is 290 g/mol. The van der Waals surface area contributed by atoms with Crippen LogP contribution in [0.5, 0.6) is 5.75 Å². The molecule has 0 saturated carbocycles. The number of rotatable bonds is 5. The molecule has 1 aromatic rings. The van der Waals surface area contributed by atoms with Gasteiger partial charge in [-0.05, 0) is 43.4 Å². The number of fused-ring (bicyclic) bond motifs is 1. The number of benzene rings is 1. The molecule has 1 saturated heterocycles. The Morgan fingerprint density at radius 3 is 2.90 bits per heavy atom. The number of ether oxygens (including phenoxy) is 2. The van der Waals surface area contributed by atoms with Gasteiger partial charge in [-0.1, -0.05) is 6.07 Å². The topological polar surface area (TPSA) is 47.7 Å². The van der Waals surface area contributed by atoms with Gasteiger partial charge in [0.25, 0.3) is 0 Å². The summed E-state index contributed by atoms with van der Waals surface area (Å²) in [4.78, 5) is 2.43. The molecule has 2 N–H and O–H groups in total. The first-order chi connectivity index (χ1) is 10.3. The zero-order valence-corrected chi connectivity index (χ0v) is 12.9. The largest absolute Gasteiger partial charge is 0.494 e. The van der Waals surface area contributed by atoms with Crippen molar-refractivity contribution in [1.29, 1.82) is 0 Å². The minimum absolute atomic E-state index is 0.170. The number of morpholine rings is 1. The van der Waals surface area contributed by atoms with E-state index in [2.05, 4.69) is 24.0 Å². The molecule has 116 valence electrons. The summed E-state index contributed by atoms with van der Waals surface area (Å²) in [5.74, 6) is 1.06. The lowest BCUT2D eigenvalue weighted by Gasteiger charge is -2.32. The number of nitrogens with two attached hydrogens (primary N) is 1. The Kier molecular flexibility index (Phi) is 4.78. The fourth-order valence-electron chi connectivity index (χ4n) is 3.37. The van der Waals surface area contributed by atoms with Crippen LogP contribution in [0.1, 0.15) is 30.0 Å². The van der Waals surface area contributed by atoms with Crippen LogP contribution in [-0.2, 0) is 24.1 Å². The molecule has 1 unspecified atom stereocenters. The minimum Gasteiger partial charge on any atom is -0.494 e. The third-order valence-electron chi connectivity index (χ3n) is 4.45. The van der Waals surface area contributed by atoms with Crippen molar-refractivity contribution >= 4 is 0 Å². The van der Waals surface area contributed by atoms with E-state index in [0.717, 1.165) is 38.6 Å². The maximum atomic E-state index is 5.87. The van der Waals surface area contributed by atoms with E-state index in [-0.39, 0.29) is 6.10 Å². The Morgan fingerprint density at radius 1 is 1.33 bits per heavy atom. The number of aryl methyl sites for hydroxylation is 2. The van der Waals surface area contributed by atoms with Crippen molar-refractivity contribution in [1.82, 2.24) is 4.90 Å². The molecule has 3 rings (SSSR count). The lowest BCUT2D eigenvalue weighted by molar-refractivity contribution is -0.0262. The lowest BCUT2D eigenvalue weighted by atomic mass is 10.0. The molecular formula is C17H26N2O2. The normalized spacial score (nSPS) is 22.3. The van der Waals surface area contributed by atoms with E-state index >= 15 is 0 Å². The Morgan fingerprint density at radius 2 is 2.14 bits per heavy atom. The van der Waals surface area contributed by atoms with Crippen LogP contribution >= 0.6 is 0 Å². The van der Waals surface area contributed by atoms with E-state index in [4.69, 9.17) is 15.2 Å². The van der Waals surface area contributed by atoms with Crippen LogP contribution in [0.15, 0.2) is 12.1 Å². The van der Waals surface area contributed by atoms with E-state index in [1.807, 2.05) is 0 Å². The van der Waals surface area contributed by atoms with Crippen LogP contribution in [0.25, 0.3) is 0 Å². The standard InChI is InChI=1S/C17H26N2O2/c1-2-20-17-9-14-5-3-4-13(14)8-15(17)11-19-6-7-21-16(10-18)12-19/h8-9,16H,2-7,10-12,18H2,1H3. The van der Waals surface area contributed by atoms with Crippen molar-refractivity contribution in [2.24, 2.45) is 5.73 Å². The van der Waals surface area contributed by atoms with Gasteiger partial charge >= 0.3 is 0 Å². The number of hydrogen-bond donors (Lipinski definition) is 1. The van der Waals surface area contributed by atoms with Crippen molar-refractivity contribution in [3.05, 3.63) is 28.8 Å². The first-order valence-corrected chi connectivity index (χ1v) is 8.11. The quantitative estimate of drug-likeness (QED) is 0.897. The van der Waals surface area contributed by atoms with Gasteiger partial charge < -0.3 is 15.2 Å². The zero-order valence-electron chi connectivity index (χ0n) is 12.9. The van der Waals surface area contributed by atoms with Crippen LogP contribution in [0.3, 0.4) is 0 Å². The molecule has 0 spiro atoms. The fourth-order valence-corrected chi connectivity index (χ4v) is 3.37. The molecule has 4 nitrogen and oxygen atoms in total. The summed E-state index contributed by atoms with van der Waals surface area (Å²) < 4.78 is 11.5. The van der Waals surface area contributed by atoms with Crippen LogP contribution in [0, 0.1) is 0 Å². The zero-order chi connectivity index (χ0) is 14.7. The van der Waals surface area contributed by atoms with Crippen LogP contribution < -0.4 is 10.5 Å². The molecule has 0 radical (unpaired) electrons. The molecule has 1 aliphatic heterocycles. The molecule has 4 heteroatoms. The Hall–Kier alpha value is -1.10. The lowest BCUT2D eigenvalue weighted by Crippen LogP contribution is -2.45. The van der Waals surface area contributed by atoms with Crippen molar-refractivity contribution in [3.63, 3.8) is 0 Å². The third kappa shape index (κ3) is 3.39. The molecule has 2 aliphatic rings. The molecule has 0 bridgehead atoms. The van der Waals surface area contributed by atoms with Gasteiger partial charge in [0.15, 0.2) is 0 Å². The Balaban J connectivity index is 1.77. The summed E-state index contributed by atoms with van der Waals surface area (Å²) in [5, 5.41) is 0. The van der Waals surface area contributed by atoms with Crippen LogP contribution in [0.2, 0.25) is 0 Å². The van der Waals surface area contributed by atoms with Gasteiger partial charge in [0, 0.05) is 31.7 Å². The SMILES string of the molecule is CCOc1cc2c(cc1CN1CCOC(CN)C1)CCC2. The number of hydrogen-bond acceptors (Lipinski definition) is 4. The van der Waals surface area contributed by atoms with E-state index in [1.165, 1.54) is 36.0 Å². The smallest absolute Gasteiger partial charge is 0.124 e. The highest BCUT2D eigenvalue weighted by Crippen LogP contribution is 2.31. The summed E-state index contributed by atoms with van der Waals surface area (Å²) in [6.07, 6.45) is 3.85. The van der Waals surface area contributed by atoms with Crippen LogP contribution in [-0.4, -0.2) is 43.9 Å². The van der Waals surface area contributed by atoms with Gasteiger partial charge in [0.1, 0.15) is 5.75 Å². The molecule has 0 aromatic heterocycles. The Labute approximate surface area is 127 Å². The van der Waals surface area contributed by atoms with Gasteiger partial charge in [-0.25, -0.2) is 0 Å².